The van der Waals surface area contributed by atoms with Crippen LogP contribution in [0.25, 0.3) is 0 Å². The first-order valence-electron chi connectivity index (χ1n) is 3.68. The number of rotatable bonds is 2. The van der Waals surface area contributed by atoms with Crippen LogP contribution in [-0.2, 0) is 7.05 Å². The number of aliphatic hydroxyl groups is 1. The van der Waals surface area contributed by atoms with Crippen molar-refractivity contribution in [2.24, 2.45) is 7.05 Å². The standard InChI is InChI=1S/C6H8N6O/c1-12-10-6(9-11-12)5(13)4-2-7-8-3-4/h2-3,5,13H,1H3,(H,7,8). The second-order valence-electron chi connectivity index (χ2n) is 2.57. The van der Waals surface area contributed by atoms with Crippen molar-refractivity contribution in [3.8, 4) is 0 Å². The molecule has 0 saturated carbocycles. The Labute approximate surface area is 73.4 Å². The molecule has 0 amide bonds. The summed E-state index contributed by atoms with van der Waals surface area (Å²) in [5, 5.41) is 27.1. The zero-order valence-corrected chi connectivity index (χ0v) is 6.92. The van der Waals surface area contributed by atoms with Gasteiger partial charge in [-0.05, 0) is 5.21 Å². The summed E-state index contributed by atoms with van der Waals surface area (Å²) in [5.74, 6) is 0.268. The van der Waals surface area contributed by atoms with Crippen LogP contribution < -0.4 is 0 Å². The summed E-state index contributed by atoms with van der Waals surface area (Å²) in [4.78, 5) is 1.29. The maximum atomic E-state index is 9.66. The number of nitrogens with one attached hydrogen (secondary N) is 1. The molecule has 0 fully saturated rings. The normalized spacial score (nSPS) is 13.1. The highest BCUT2D eigenvalue weighted by Crippen LogP contribution is 2.15. The number of nitrogens with zero attached hydrogens (tertiary/aromatic N) is 5. The molecule has 2 heterocycles. The third kappa shape index (κ3) is 1.41. The molecule has 0 aliphatic rings. The topological polar surface area (TPSA) is 92.5 Å². The van der Waals surface area contributed by atoms with Crippen LogP contribution in [0.3, 0.4) is 0 Å². The van der Waals surface area contributed by atoms with Gasteiger partial charge < -0.3 is 5.11 Å². The average molecular weight is 180 g/mol. The molecular weight excluding hydrogens is 172 g/mol. The number of hydrogen-bond donors (Lipinski definition) is 2. The van der Waals surface area contributed by atoms with E-state index in [1.807, 2.05) is 0 Å². The lowest BCUT2D eigenvalue weighted by Crippen LogP contribution is -2.01. The molecule has 0 aliphatic heterocycles. The fourth-order valence-corrected chi connectivity index (χ4v) is 0.968. The predicted molar refractivity (Wildman–Crippen MR) is 41.4 cm³/mol. The highest BCUT2D eigenvalue weighted by atomic mass is 16.3. The fourth-order valence-electron chi connectivity index (χ4n) is 0.968. The summed E-state index contributed by atoms with van der Waals surface area (Å²) in [7, 11) is 1.64. The minimum Gasteiger partial charge on any atom is -0.380 e. The minimum absolute atomic E-state index is 0.268. The van der Waals surface area contributed by atoms with Crippen LogP contribution in [-0.4, -0.2) is 35.5 Å². The van der Waals surface area contributed by atoms with E-state index in [4.69, 9.17) is 0 Å². The van der Waals surface area contributed by atoms with E-state index in [0.29, 0.717) is 5.56 Å². The molecule has 2 aromatic heterocycles. The first kappa shape index (κ1) is 7.87. The van der Waals surface area contributed by atoms with Crippen LogP contribution in [0, 0.1) is 0 Å². The lowest BCUT2D eigenvalue weighted by molar-refractivity contribution is 0.209. The summed E-state index contributed by atoms with van der Waals surface area (Å²) in [5.41, 5.74) is 0.619. The molecule has 2 rings (SSSR count). The Morgan fingerprint density at radius 2 is 2.46 bits per heavy atom. The molecule has 0 aromatic carbocycles. The van der Waals surface area contributed by atoms with E-state index in [2.05, 4.69) is 25.6 Å². The SMILES string of the molecule is Cn1nnc(C(O)c2cn[nH]c2)n1. The summed E-state index contributed by atoms with van der Waals surface area (Å²) < 4.78 is 0. The third-order valence-corrected chi connectivity index (χ3v) is 1.60. The number of aromatic amines is 1. The van der Waals surface area contributed by atoms with Gasteiger partial charge in [0.05, 0.1) is 13.2 Å². The zero-order chi connectivity index (χ0) is 9.26. The van der Waals surface area contributed by atoms with Crippen molar-refractivity contribution in [2.45, 2.75) is 6.10 Å². The monoisotopic (exact) mass is 180 g/mol. The Balaban J connectivity index is 2.28. The maximum absolute atomic E-state index is 9.66. The van der Waals surface area contributed by atoms with Crippen LogP contribution in [0.15, 0.2) is 12.4 Å². The fraction of sp³-hybridized carbons (Fsp3) is 0.333. The van der Waals surface area contributed by atoms with Gasteiger partial charge in [0.1, 0.15) is 6.10 Å². The van der Waals surface area contributed by atoms with Crippen molar-refractivity contribution in [3.63, 3.8) is 0 Å². The molecule has 1 unspecified atom stereocenters. The van der Waals surface area contributed by atoms with Crippen molar-refractivity contribution in [1.29, 1.82) is 0 Å². The van der Waals surface area contributed by atoms with Gasteiger partial charge in [-0.1, -0.05) is 0 Å². The summed E-state index contributed by atoms with van der Waals surface area (Å²) in [6.45, 7) is 0. The van der Waals surface area contributed by atoms with Crippen LogP contribution in [0.4, 0.5) is 0 Å². The lowest BCUT2D eigenvalue weighted by Gasteiger charge is -1.99. The lowest BCUT2D eigenvalue weighted by atomic mass is 10.2. The number of hydrogen-bond acceptors (Lipinski definition) is 5. The van der Waals surface area contributed by atoms with Crippen molar-refractivity contribution in [2.75, 3.05) is 0 Å². The highest BCUT2D eigenvalue weighted by Gasteiger charge is 2.16. The molecule has 0 saturated heterocycles. The molecule has 0 bridgehead atoms. The van der Waals surface area contributed by atoms with E-state index in [0.717, 1.165) is 0 Å². The predicted octanol–water partition coefficient (Wildman–Crippen LogP) is -0.985. The Morgan fingerprint density at radius 3 is 3.00 bits per heavy atom. The zero-order valence-electron chi connectivity index (χ0n) is 6.92. The Morgan fingerprint density at radius 1 is 1.62 bits per heavy atom. The van der Waals surface area contributed by atoms with E-state index in [1.165, 1.54) is 11.0 Å². The van der Waals surface area contributed by atoms with Crippen molar-refractivity contribution < 1.29 is 5.11 Å². The van der Waals surface area contributed by atoms with Gasteiger partial charge >= 0.3 is 0 Å². The van der Waals surface area contributed by atoms with Crippen LogP contribution >= 0.6 is 0 Å². The van der Waals surface area contributed by atoms with E-state index in [9.17, 15) is 5.11 Å². The molecule has 1 atom stereocenters. The van der Waals surface area contributed by atoms with Gasteiger partial charge in [0.15, 0.2) is 0 Å². The van der Waals surface area contributed by atoms with E-state index < -0.39 is 6.10 Å². The quantitative estimate of drug-likeness (QED) is 0.619. The molecule has 0 aliphatic carbocycles. The largest absolute Gasteiger partial charge is 0.380 e. The number of H-pyrrole nitrogens is 1. The number of aryl methyl sites for hydroxylation is 1. The molecular formula is C6H8N6O. The molecule has 13 heavy (non-hydrogen) atoms. The average Bonchev–Trinajstić information content (AvgIpc) is 2.72. The number of aromatic nitrogens is 6. The Kier molecular flexibility index (Phi) is 1.78. The summed E-state index contributed by atoms with van der Waals surface area (Å²) in [6.07, 6.45) is 2.23. The minimum atomic E-state index is -0.868. The van der Waals surface area contributed by atoms with E-state index in [1.54, 1.807) is 13.2 Å². The van der Waals surface area contributed by atoms with Gasteiger partial charge in [0.2, 0.25) is 5.82 Å². The Hall–Kier alpha value is -1.76. The summed E-state index contributed by atoms with van der Waals surface area (Å²) >= 11 is 0. The van der Waals surface area contributed by atoms with Gasteiger partial charge in [-0.2, -0.15) is 9.90 Å². The van der Waals surface area contributed by atoms with Crippen molar-refractivity contribution in [3.05, 3.63) is 23.8 Å². The number of tetrazole rings is 1. The third-order valence-electron chi connectivity index (χ3n) is 1.60. The Bertz CT molecular complexity index is 379. The molecule has 2 aromatic rings. The molecule has 0 radical (unpaired) electrons. The van der Waals surface area contributed by atoms with E-state index >= 15 is 0 Å². The van der Waals surface area contributed by atoms with Crippen LogP contribution in [0.5, 0.6) is 0 Å². The molecule has 2 N–H and O–H groups in total. The van der Waals surface area contributed by atoms with Gasteiger partial charge in [0, 0.05) is 11.8 Å². The smallest absolute Gasteiger partial charge is 0.207 e. The van der Waals surface area contributed by atoms with Gasteiger partial charge in [-0.15, -0.1) is 10.2 Å². The first-order chi connectivity index (χ1) is 6.27. The van der Waals surface area contributed by atoms with Gasteiger partial charge in [-0.25, -0.2) is 0 Å². The van der Waals surface area contributed by atoms with Gasteiger partial charge in [0.25, 0.3) is 0 Å². The molecule has 7 heteroatoms. The van der Waals surface area contributed by atoms with Crippen molar-refractivity contribution >= 4 is 0 Å². The highest BCUT2D eigenvalue weighted by molar-refractivity contribution is 5.13. The maximum Gasteiger partial charge on any atom is 0.207 e. The van der Waals surface area contributed by atoms with Crippen LogP contribution in [0.2, 0.25) is 0 Å². The second-order valence-corrected chi connectivity index (χ2v) is 2.57. The van der Waals surface area contributed by atoms with Gasteiger partial charge in [-0.3, -0.25) is 5.10 Å². The van der Waals surface area contributed by atoms with Crippen molar-refractivity contribution in [1.82, 2.24) is 30.4 Å². The molecule has 7 nitrogen and oxygen atoms in total. The van der Waals surface area contributed by atoms with Crippen LogP contribution in [0.1, 0.15) is 17.5 Å². The first-order valence-corrected chi connectivity index (χ1v) is 3.68. The summed E-state index contributed by atoms with van der Waals surface area (Å²) in [6, 6.07) is 0. The molecule has 0 spiro atoms. The number of aliphatic hydroxyl groups excluding tert-OH is 1. The van der Waals surface area contributed by atoms with E-state index in [-0.39, 0.29) is 5.82 Å². The second kappa shape index (κ2) is 2.94. The molecule has 68 valence electrons.